The SMILES string of the molecule is N=Cc1cc(N)c(O)cc1N. The Bertz CT molecular complexity index is 296. The lowest BCUT2D eigenvalue weighted by Gasteiger charge is -2.02. The quantitative estimate of drug-likeness (QED) is 0.268. The summed E-state index contributed by atoms with van der Waals surface area (Å²) >= 11 is 0. The van der Waals surface area contributed by atoms with Gasteiger partial charge in [0.05, 0.1) is 5.69 Å². The van der Waals surface area contributed by atoms with Crippen LogP contribution in [-0.4, -0.2) is 11.3 Å². The largest absolute Gasteiger partial charge is 0.506 e. The van der Waals surface area contributed by atoms with E-state index in [0.29, 0.717) is 11.3 Å². The van der Waals surface area contributed by atoms with Gasteiger partial charge < -0.3 is 22.0 Å². The van der Waals surface area contributed by atoms with Crippen LogP contribution in [0, 0.1) is 5.41 Å². The molecule has 6 N–H and O–H groups in total. The molecule has 4 heteroatoms. The molecule has 0 aliphatic rings. The summed E-state index contributed by atoms with van der Waals surface area (Å²) in [4.78, 5) is 0. The van der Waals surface area contributed by atoms with E-state index in [1.54, 1.807) is 0 Å². The molecule has 11 heavy (non-hydrogen) atoms. The minimum Gasteiger partial charge on any atom is -0.506 e. The number of nitrogen functional groups attached to an aromatic ring is 2. The van der Waals surface area contributed by atoms with Crippen molar-refractivity contribution < 1.29 is 5.11 Å². The zero-order chi connectivity index (χ0) is 8.43. The van der Waals surface area contributed by atoms with Crippen LogP contribution >= 0.6 is 0 Å². The average molecular weight is 151 g/mol. The molecule has 0 amide bonds. The number of hydrogen-bond acceptors (Lipinski definition) is 4. The van der Waals surface area contributed by atoms with Crippen LogP contribution in [0.3, 0.4) is 0 Å². The maximum atomic E-state index is 9.04. The molecule has 0 aliphatic carbocycles. The Hall–Kier alpha value is -1.71. The minimum atomic E-state index is -0.0481. The minimum absolute atomic E-state index is 0.0481. The summed E-state index contributed by atoms with van der Waals surface area (Å²) in [5.74, 6) is -0.0481. The van der Waals surface area contributed by atoms with Crippen LogP contribution < -0.4 is 11.5 Å². The third-order valence-electron chi connectivity index (χ3n) is 1.39. The maximum absolute atomic E-state index is 9.04. The summed E-state index contributed by atoms with van der Waals surface area (Å²) in [5, 5.41) is 15.9. The molecule has 58 valence electrons. The molecule has 0 fully saturated rings. The normalized spacial score (nSPS) is 9.45. The zero-order valence-corrected chi connectivity index (χ0v) is 5.83. The fourth-order valence-electron chi connectivity index (χ4n) is 0.764. The van der Waals surface area contributed by atoms with Gasteiger partial charge in [-0.15, -0.1) is 0 Å². The van der Waals surface area contributed by atoms with Crippen LogP contribution in [0.1, 0.15) is 5.56 Å². The van der Waals surface area contributed by atoms with Gasteiger partial charge in [-0.05, 0) is 6.07 Å². The van der Waals surface area contributed by atoms with Gasteiger partial charge in [0.25, 0.3) is 0 Å². The molecule has 0 heterocycles. The van der Waals surface area contributed by atoms with Crippen LogP contribution in [-0.2, 0) is 0 Å². The van der Waals surface area contributed by atoms with Gasteiger partial charge in [0.15, 0.2) is 0 Å². The summed E-state index contributed by atoms with van der Waals surface area (Å²) < 4.78 is 0. The van der Waals surface area contributed by atoms with E-state index in [4.69, 9.17) is 22.0 Å². The van der Waals surface area contributed by atoms with Crippen LogP contribution in [0.5, 0.6) is 5.75 Å². The van der Waals surface area contributed by atoms with Gasteiger partial charge in [0, 0.05) is 23.5 Å². The van der Waals surface area contributed by atoms with Crippen molar-refractivity contribution in [2.75, 3.05) is 11.5 Å². The number of aromatic hydroxyl groups is 1. The average Bonchev–Trinajstić information content (AvgIpc) is 1.97. The monoisotopic (exact) mass is 151 g/mol. The molecule has 1 rings (SSSR count). The van der Waals surface area contributed by atoms with E-state index in [2.05, 4.69) is 0 Å². The third-order valence-corrected chi connectivity index (χ3v) is 1.39. The van der Waals surface area contributed by atoms with Gasteiger partial charge in [-0.1, -0.05) is 0 Å². The van der Waals surface area contributed by atoms with Crippen molar-refractivity contribution >= 4 is 17.6 Å². The number of phenols is 1. The van der Waals surface area contributed by atoms with Crippen LogP contribution in [0.15, 0.2) is 12.1 Å². The van der Waals surface area contributed by atoms with Crippen molar-refractivity contribution in [1.29, 1.82) is 5.41 Å². The van der Waals surface area contributed by atoms with Gasteiger partial charge in [-0.25, -0.2) is 0 Å². The topological polar surface area (TPSA) is 96.1 Å². The van der Waals surface area contributed by atoms with Crippen molar-refractivity contribution in [2.24, 2.45) is 0 Å². The highest BCUT2D eigenvalue weighted by atomic mass is 16.3. The fraction of sp³-hybridized carbons (Fsp3) is 0. The molecule has 0 saturated heterocycles. The molecule has 1 aromatic rings. The molecule has 0 spiro atoms. The number of hydrogen-bond donors (Lipinski definition) is 4. The first-order valence-electron chi connectivity index (χ1n) is 3.03. The van der Waals surface area contributed by atoms with E-state index >= 15 is 0 Å². The fourth-order valence-corrected chi connectivity index (χ4v) is 0.764. The lowest BCUT2D eigenvalue weighted by atomic mass is 10.1. The summed E-state index contributed by atoms with van der Waals surface area (Å²) in [6.07, 6.45) is 1.09. The molecular weight excluding hydrogens is 142 g/mol. The van der Waals surface area contributed by atoms with E-state index in [-0.39, 0.29) is 11.4 Å². The first-order chi connectivity index (χ1) is 5.15. The molecule has 0 aliphatic heterocycles. The Kier molecular flexibility index (Phi) is 1.68. The standard InChI is InChI=1S/C7H9N3O/c8-3-4-1-6(10)7(11)2-5(4)9/h1-3,8,11H,9-10H2. The highest BCUT2D eigenvalue weighted by Crippen LogP contribution is 2.24. The third kappa shape index (κ3) is 1.24. The molecule has 0 radical (unpaired) electrons. The number of nitrogens with two attached hydrogens (primary N) is 2. The Morgan fingerprint density at radius 1 is 1.27 bits per heavy atom. The van der Waals surface area contributed by atoms with E-state index < -0.39 is 0 Å². The van der Waals surface area contributed by atoms with Crippen molar-refractivity contribution in [1.82, 2.24) is 0 Å². The lowest BCUT2D eigenvalue weighted by Crippen LogP contribution is -1.95. The molecule has 1 aromatic carbocycles. The Morgan fingerprint density at radius 3 is 2.45 bits per heavy atom. The number of phenolic OH excluding ortho intramolecular Hbond substituents is 1. The highest BCUT2D eigenvalue weighted by Gasteiger charge is 2.01. The van der Waals surface area contributed by atoms with E-state index in [1.807, 2.05) is 0 Å². The summed E-state index contributed by atoms with van der Waals surface area (Å²) in [6.45, 7) is 0. The van der Waals surface area contributed by atoms with E-state index in [1.165, 1.54) is 12.1 Å². The Morgan fingerprint density at radius 2 is 1.91 bits per heavy atom. The van der Waals surface area contributed by atoms with Crippen molar-refractivity contribution in [3.05, 3.63) is 17.7 Å². The van der Waals surface area contributed by atoms with Crippen molar-refractivity contribution in [3.63, 3.8) is 0 Å². The number of anilines is 2. The van der Waals surface area contributed by atoms with Crippen LogP contribution in [0.4, 0.5) is 11.4 Å². The maximum Gasteiger partial charge on any atom is 0.140 e. The molecule has 0 aromatic heterocycles. The van der Waals surface area contributed by atoms with Crippen molar-refractivity contribution in [3.8, 4) is 5.75 Å². The predicted molar refractivity (Wildman–Crippen MR) is 44.8 cm³/mol. The lowest BCUT2D eigenvalue weighted by molar-refractivity contribution is 0.478. The first-order valence-corrected chi connectivity index (χ1v) is 3.03. The van der Waals surface area contributed by atoms with Gasteiger partial charge in [-0.3, -0.25) is 0 Å². The molecule has 0 saturated carbocycles. The summed E-state index contributed by atoms with van der Waals surface area (Å²) in [6, 6.07) is 2.79. The molecule has 0 atom stereocenters. The second kappa shape index (κ2) is 2.49. The van der Waals surface area contributed by atoms with Gasteiger partial charge in [-0.2, -0.15) is 0 Å². The zero-order valence-electron chi connectivity index (χ0n) is 5.83. The van der Waals surface area contributed by atoms with E-state index in [9.17, 15) is 0 Å². The second-order valence-corrected chi connectivity index (χ2v) is 2.18. The summed E-state index contributed by atoms with van der Waals surface area (Å²) in [7, 11) is 0. The van der Waals surface area contributed by atoms with E-state index in [0.717, 1.165) is 6.21 Å². The predicted octanol–water partition coefficient (Wildman–Crippen LogP) is 0.554. The Balaban J connectivity index is 3.31. The molecular formula is C7H9N3O. The second-order valence-electron chi connectivity index (χ2n) is 2.18. The number of rotatable bonds is 1. The van der Waals surface area contributed by atoms with Crippen LogP contribution in [0.2, 0.25) is 0 Å². The van der Waals surface area contributed by atoms with Gasteiger partial charge in [0.1, 0.15) is 5.75 Å². The molecule has 0 bridgehead atoms. The Labute approximate surface area is 64.0 Å². The first kappa shape index (κ1) is 7.40. The van der Waals surface area contributed by atoms with Gasteiger partial charge in [0.2, 0.25) is 0 Å². The van der Waals surface area contributed by atoms with Gasteiger partial charge >= 0.3 is 0 Å². The molecule has 0 unspecified atom stereocenters. The molecule has 4 nitrogen and oxygen atoms in total. The smallest absolute Gasteiger partial charge is 0.140 e. The summed E-state index contributed by atoms with van der Waals surface area (Å²) in [5.41, 5.74) is 11.9. The number of benzene rings is 1. The van der Waals surface area contributed by atoms with Crippen LogP contribution in [0.25, 0.3) is 0 Å². The highest BCUT2D eigenvalue weighted by molar-refractivity contribution is 5.87. The number of nitrogens with one attached hydrogen (secondary N) is 1. The van der Waals surface area contributed by atoms with Crippen molar-refractivity contribution in [2.45, 2.75) is 0 Å².